The maximum atomic E-state index is 12.2. The number of benzene rings is 1. The number of para-hydroxylation sites is 1. The van der Waals surface area contributed by atoms with Crippen LogP contribution in [-0.4, -0.2) is 41.3 Å². The Balaban J connectivity index is 1.48. The summed E-state index contributed by atoms with van der Waals surface area (Å²) < 4.78 is 5.33. The number of nitrogens with one attached hydrogen (secondary N) is 2. The monoisotopic (exact) mass is 325 g/mol. The zero-order chi connectivity index (χ0) is 16.4. The third kappa shape index (κ3) is 3.03. The number of aryl methyl sites for hydroxylation is 2. The maximum absolute atomic E-state index is 12.2. The standard InChI is InChI=1S/C17H19N5O2/c23-16-13(11-12-3-1-2-4-14(12)19-16)5-6-15-20-17(21-24-15)22-9-7-18-8-10-22/h1-4,11,18H,5-10H2,(H,19,23). The second kappa shape index (κ2) is 6.45. The largest absolute Gasteiger partial charge is 0.337 e. The molecule has 7 nitrogen and oxygen atoms in total. The topological polar surface area (TPSA) is 87.0 Å². The second-order valence-electron chi connectivity index (χ2n) is 5.94. The number of hydrogen-bond donors (Lipinski definition) is 2. The summed E-state index contributed by atoms with van der Waals surface area (Å²) in [4.78, 5) is 21.6. The summed E-state index contributed by atoms with van der Waals surface area (Å²) in [7, 11) is 0. The van der Waals surface area contributed by atoms with Crippen LogP contribution in [0.5, 0.6) is 0 Å². The lowest BCUT2D eigenvalue weighted by Crippen LogP contribution is -2.44. The van der Waals surface area contributed by atoms with Gasteiger partial charge in [-0.15, -0.1) is 0 Å². The van der Waals surface area contributed by atoms with Crippen molar-refractivity contribution in [3.63, 3.8) is 0 Å². The van der Waals surface area contributed by atoms with Gasteiger partial charge in [0.2, 0.25) is 5.89 Å². The van der Waals surface area contributed by atoms with Gasteiger partial charge in [0.1, 0.15) is 0 Å². The van der Waals surface area contributed by atoms with Gasteiger partial charge in [0.05, 0.1) is 0 Å². The first-order chi connectivity index (χ1) is 11.8. The van der Waals surface area contributed by atoms with E-state index in [0.717, 1.165) is 42.6 Å². The molecule has 0 saturated carbocycles. The Labute approximate surface area is 138 Å². The zero-order valence-electron chi connectivity index (χ0n) is 13.3. The normalized spacial score (nSPS) is 15.1. The highest BCUT2D eigenvalue weighted by molar-refractivity contribution is 5.78. The van der Waals surface area contributed by atoms with Crippen molar-refractivity contribution in [2.45, 2.75) is 12.8 Å². The van der Waals surface area contributed by atoms with Crippen molar-refractivity contribution in [1.29, 1.82) is 0 Å². The average Bonchev–Trinajstić information content (AvgIpc) is 3.10. The Hall–Kier alpha value is -2.67. The number of anilines is 1. The van der Waals surface area contributed by atoms with Gasteiger partial charge in [-0.3, -0.25) is 4.79 Å². The van der Waals surface area contributed by atoms with E-state index in [1.807, 2.05) is 30.3 Å². The zero-order valence-corrected chi connectivity index (χ0v) is 13.3. The minimum absolute atomic E-state index is 0.0597. The van der Waals surface area contributed by atoms with Crippen LogP contribution in [0.3, 0.4) is 0 Å². The molecule has 4 rings (SSSR count). The summed E-state index contributed by atoms with van der Waals surface area (Å²) in [6, 6.07) is 9.69. The number of nitrogens with zero attached hydrogens (tertiary/aromatic N) is 3. The molecule has 24 heavy (non-hydrogen) atoms. The average molecular weight is 325 g/mol. The molecule has 1 aliphatic rings. The van der Waals surface area contributed by atoms with E-state index in [2.05, 4.69) is 25.3 Å². The molecule has 3 aromatic rings. The lowest BCUT2D eigenvalue weighted by molar-refractivity contribution is 0.376. The van der Waals surface area contributed by atoms with Crippen LogP contribution in [0.25, 0.3) is 10.9 Å². The third-order valence-corrected chi connectivity index (χ3v) is 4.30. The molecule has 0 amide bonds. The SMILES string of the molecule is O=c1[nH]c2ccccc2cc1CCc1nc(N2CCNCC2)no1. The summed E-state index contributed by atoms with van der Waals surface area (Å²) in [6.07, 6.45) is 1.13. The number of hydrogen-bond acceptors (Lipinski definition) is 6. The Kier molecular flexibility index (Phi) is 4.00. The van der Waals surface area contributed by atoms with E-state index in [0.29, 0.717) is 24.7 Å². The molecule has 3 heterocycles. The van der Waals surface area contributed by atoms with E-state index in [1.165, 1.54) is 0 Å². The molecule has 0 bridgehead atoms. The van der Waals surface area contributed by atoms with Crippen molar-refractivity contribution in [3.8, 4) is 0 Å². The fourth-order valence-electron chi connectivity index (χ4n) is 2.96. The molecular formula is C17H19N5O2. The van der Waals surface area contributed by atoms with Gasteiger partial charge < -0.3 is 19.7 Å². The van der Waals surface area contributed by atoms with E-state index in [9.17, 15) is 4.79 Å². The third-order valence-electron chi connectivity index (χ3n) is 4.30. The van der Waals surface area contributed by atoms with Crippen molar-refractivity contribution < 1.29 is 4.52 Å². The van der Waals surface area contributed by atoms with Crippen LogP contribution in [0.2, 0.25) is 0 Å². The van der Waals surface area contributed by atoms with Gasteiger partial charge in [-0.2, -0.15) is 4.98 Å². The van der Waals surface area contributed by atoms with E-state index >= 15 is 0 Å². The Morgan fingerprint density at radius 1 is 1.17 bits per heavy atom. The molecule has 0 unspecified atom stereocenters. The number of fused-ring (bicyclic) bond motifs is 1. The van der Waals surface area contributed by atoms with Crippen LogP contribution in [-0.2, 0) is 12.8 Å². The first-order valence-electron chi connectivity index (χ1n) is 8.19. The predicted molar refractivity (Wildman–Crippen MR) is 91.4 cm³/mol. The fraction of sp³-hybridized carbons (Fsp3) is 0.353. The summed E-state index contributed by atoms with van der Waals surface area (Å²) in [5.74, 6) is 1.20. The van der Waals surface area contributed by atoms with E-state index in [4.69, 9.17) is 4.52 Å². The molecule has 124 valence electrons. The van der Waals surface area contributed by atoms with Gasteiger partial charge in [0.25, 0.3) is 11.5 Å². The van der Waals surface area contributed by atoms with Crippen LogP contribution >= 0.6 is 0 Å². The molecule has 1 fully saturated rings. The molecule has 0 radical (unpaired) electrons. The van der Waals surface area contributed by atoms with Crippen molar-refractivity contribution in [2.24, 2.45) is 0 Å². The first-order valence-corrected chi connectivity index (χ1v) is 8.19. The van der Waals surface area contributed by atoms with Crippen molar-refractivity contribution in [3.05, 3.63) is 52.1 Å². The minimum Gasteiger partial charge on any atom is -0.337 e. The second-order valence-corrected chi connectivity index (χ2v) is 5.94. The summed E-state index contributed by atoms with van der Waals surface area (Å²) >= 11 is 0. The molecule has 0 atom stereocenters. The van der Waals surface area contributed by atoms with Crippen LogP contribution in [0.4, 0.5) is 5.95 Å². The van der Waals surface area contributed by atoms with Gasteiger partial charge in [-0.1, -0.05) is 18.2 Å². The number of piperazine rings is 1. The highest BCUT2D eigenvalue weighted by Crippen LogP contribution is 2.13. The Morgan fingerprint density at radius 2 is 2.00 bits per heavy atom. The van der Waals surface area contributed by atoms with E-state index in [-0.39, 0.29) is 5.56 Å². The number of pyridine rings is 1. The highest BCUT2D eigenvalue weighted by atomic mass is 16.5. The van der Waals surface area contributed by atoms with Crippen LogP contribution in [0.1, 0.15) is 11.5 Å². The molecule has 0 spiro atoms. The number of aromatic amines is 1. The summed E-state index contributed by atoms with van der Waals surface area (Å²) in [5, 5.41) is 8.37. The van der Waals surface area contributed by atoms with Crippen LogP contribution in [0, 0.1) is 0 Å². The first kappa shape index (κ1) is 14.9. The predicted octanol–water partition coefficient (Wildman–Crippen LogP) is 1.11. The molecular weight excluding hydrogens is 306 g/mol. The number of aromatic nitrogens is 3. The highest BCUT2D eigenvalue weighted by Gasteiger charge is 2.16. The van der Waals surface area contributed by atoms with Crippen LogP contribution in [0.15, 0.2) is 39.6 Å². The quantitative estimate of drug-likeness (QED) is 0.747. The van der Waals surface area contributed by atoms with E-state index in [1.54, 1.807) is 0 Å². The van der Waals surface area contributed by atoms with Gasteiger partial charge in [-0.05, 0) is 29.1 Å². The van der Waals surface area contributed by atoms with E-state index < -0.39 is 0 Å². The number of H-pyrrole nitrogens is 1. The summed E-state index contributed by atoms with van der Waals surface area (Å²) in [5.41, 5.74) is 1.52. The van der Waals surface area contributed by atoms with Gasteiger partial charge in [0.15, 0.2) is 0 Å². The molecule has 1 saturated heterocycles. The minimum atomic E-state index is -0.0597. The van der Waals surface area contributed by atoms with Gasteiger partial charge in [0, 0.05) is 43.7 Å². The lowest BCUT2D eigenvalue weighted by atomic mass is 10.1. The molecule has 0 aliphatic carbocycles. The smallest absolute Gasteiger partial charge is 0.266 e. The van der Waals surface area contributed by atoms with Gasteiger partial charge >= 0.3 is 0 Å². The van der Waals surface area contributed by atoms with Crippen molar-refractivity contribution in [2.75, 3.05) is 31.1 Å². The maximum Gasteiger partial charge on any atom is 0.266 e. The molecule has 2 N–H and O–H groups in total. The molecule has 1 aromatic carbocycles. The van der Waals surface area contributed by atoms with Crippen molar-refractivity contribution >= 4 is 16.9 Å². The van der Waals surface area contributed by atoms with Crippen molar-refractivity contribution in [1.82, 2.24) is 20.4 Å². The van der Waals surface area contributed by atoms with Crippen LogP contribution < -0.4 is 15.8 Å². The Bertz CT molecular complexity index is 895. The lowest BCUT2D eigenvalue weighted by Gasteiger charge is -2.25. The molecule has 2 aromatic heterocycles. The summed E-state index contributed by atoms with van der Waals surface area (Å²) in [6.45, 7) is 3.61. The Morgan fingerprint density at radius 3 is 2.88 bits per heavy atom. The number of rotatable bonds is 4. The van der Waals surface area contributed by atoms with Gasteiger partial charge in [-0.25, -0.2) is 0 Å². The fourth-order valence-corrected chi connectivity index (χ4v) is 2.96. The molecule has 7 heteroatoms. The molecule has 1 aliphatic heterocycles.